The molecule has 0 unspecified atom stereocenters. The Bertz CT molecular complexity index is 417. The van der Waals surface area contributed by atoms with Crippen LogP contribution in [0.5, 0.6) is 5.88 Å². The molecule has 4 nitrogen and oxygen atoms in total. The highest BCUT2D eigenvalue weighted by Gasteiger charge is 2.19. The highest BCUT2D eigenvalue weighted by atomic mass is 35.5. The van der Waals surface area contributed by atoms with Crippen LogP contribution in [-0.2, 0) is 6.54 Å². The predicted molar refractivity (Wildman–Crippen MR) is 77.8 cm³/mol. The Morgan fingerprint density at radius 2 is 2.00 bits per heavy atom. The molecule has 19 heavy (non-hydrogen) atoms. The van der Waals surface area contributed by atoms with Gasteiger partial charge in [0.05, 0.1) is 7.11 Å². The summed E-state index contributed by atoms with van der Waals surface area (Å²) in [5, 5.41) is 0.584. The van der Waals surface area contributed by atoms with Gasteiger partial charge in [0.1, 0.15) is 5.02 Å². The van der Waals surface area contributed by atoms with Crippen LogP contribution in [0.3, 0.4) is 0 Å². The van der Waals surface area contributed by atoms with Crippen LogP contribution >= 0.6 is 11.6 Å². The molecule has 1 saturated heterocycles. The third kappa shape index (κ3) is 3.81. The van der Waals surface area contributed by atoms with Crippen molar-refractivity contribution in [1.82, 2.24) is 14.8 Å². The maximum Gasteiger partial charge on any atom is 0.232 e. The van der Waals surface area contributed by atoms with Crippen molar-refractivity contribution in [3.8, 4) is 5.88 Å². The van der Waals surface area contributed by atoms with Gasteiger partial charge in [-0.3, -0.25) is 9.80 Å². The summed E-state index contributed by atoms with van der Waals surface area (Å²) >= 11 is 6.10. The van der Waals surface area contributed by atoms with Crippen LogP contribution in [0.2, 0.25) is 5.02 Å². The number of pyridine rings is 1. The Balaban J connectivity index is 1.90. The van der Waals surface area contributed by atoms with Crippen LogP contribution in [0, 0.1) is 0 Å². The Morgan fingerprint density at radius 1 is 1.32 bits per heavy atom. The molecule has 0 N–H and O–H groups in total. The fraction of sp³-hybridized carbons (Fsp3) is 0.643. The molecule has 0 amide bonds. The fourth-order valence-corrected chi connectivity index (χ4v) is 2.66. The fourth-order valence-electron chi connectivity index (χ4n) is 2.40. The lowest BCUT2D eigenvalue weighted by Gasteiger charge is -2.36. The number of nitrogens with zero attached hydrogens (tertiary/aromatic N) is 3. The Kier molecular flexibility index (Phi) is 5.02. The zero-order chi connectivity index (χ0) is 13.8. The number of rotatable bonds is 4. The summed E-state index contributed by atoms with van der Waals surface area (Å²) in [4.78, 5) is 9.17. The molecular formula is C14H22ClN3O. The molecule has 5 heteroatoms. The molecule has 0 aromatic carbocycles. The molecule has 106 valence electrons. The van der Waals surface area contributed by atoms with Crippen LogP contribution < -0.4 is 4.74 Å². The van der Waals surface area contributed by atoms with E-state index in [4.69, 9.17) is 16.3 Å². The third-order valence-electron chi connectivity index (χ3n) is 3.60. The standard InChI is InChI=1S/C14H22ClN3O/c1-11(2)18-6-4-17(5-7-18)10-12-8-13(15)14(19-3)16-9-12/h8-9,11H,4-7,10H2,1-3H3. The summed E-state index contributed by atoms with van der Waals surface area (Å²) in [7, 11) is 1.58. The summed E-state index contributed by atoms with van der Waals surface area (Å²) in [6, 6.07) is 2.58. The first kappa shape index (κ1) is 14.6. The van der Waals surface area contributed by atoms with E-state index < -0.39 is 0 Å². The summed E-state index contributed by atoms with van der Waals surface area (Å²) < 4.78 is 5.07. The first-order valence-corrected chi connectivity index (χ1v) is 7.12. The van der Waals surface area contributed by atoms with Crippen LogP contribution in [-0.4, -0.2) is 54.1 Å². The smallest absolute Gasteiger partial charge is 0.232 e. The van der Waals surface area contributed by atoms with Gasteiger partial charge in [-0.15, -0.1) is 0 Å². The van der Waals surface area contributed by atoms with Crippen LogP contribution in [0.1, 0.15) is 19.4 Å². The number of aromatic nitrogens is 1. The van der Waals surface area contributed by atoms with Crippen molar-refractivity contribution in [2.24, 2.45) is 0 Å². The van der Waals surface area contributed by atoms with Crippen molar-refractivity contribution >= 4 is 11.6 Å². The SMILES string of the molecule is COc1ncc(CN2CCN(C(C)C)CC2)cc1Cl. The second kappa shape index (κ2) is 6.55. The van der Waals surface area contributed by atoms with Gasteiger partial charge >= 0.3 is 0 Å². The van der Waals surface area contributed by atoms with E-state index in [0.717, 1.165) is 38.3 Å². The lowest BCUT2D eigenvalue weighted by molar-refractivity contribution is 0.104. The normalized spacial score (nSPS) is 17.9. The van der Waals surface area contributed by atoms with Gasteiger partial charge in [-0.05, 0) is 25.5 Å². The molecule has 1 fully saturated rings. The van der Waals surface area contributed by atoms with Crippen molar-refractivity contribution in [2.75, 3.05) is 33.3 Å². The third-order valence-corrected chi connectivity index (χ3v) is 3.87. The number of methoxy groups -OCH3 is 1. The van der Waals surface area contributed by atoms with Crippen LogP contribution in [0.25, 0.3) is 0 Å². The summed E-state index contributed by atoms with van der Waals surface area (Å²) in [6.07, 6.45) is 1.85. The Labute approximate surface area is 120 Å². The monoisotopic (exact) mass is 283 g/mol. The first-order valence-electron chi connectivity index (χ1n) is 6.75. The summed E-state index contributed by atoms with van der Waals surface area (Å²) in [6.45, 7) is 9.88. The number of hydrogen-bond acceptors (Lipinski definition) is 4. The van der Waals surface area contributed by atoms with Crippen molar-refractivity contribution in [1.29, 1.82) is 0 Å². The molecule has 1 aromatic heterocycles. The zero-order valence-corrected chi connectivity index (χ0v) is 12.7. The van der Waals surface area contributed by atoms with Gasteiger partial charge < -0.3 is 4.74 Å². The maximum atomic E-state index is 6.10. The van der Waals surface area contributed by atoms with Gasteiger partial charge in [0.2, 0.25) is 5.88 Å². The lowest BCUT2D eigenvalue weighted by atomic mass is 10.2. The van der Waals surface area contributed by atoms with Gasteiger partial charge in [0, 0.05) is 45.0 Å². The summed E-state index contributed by atoms with van der Waals surface area (Å²) in [5.41, 5.74) is 1.14. The topological polar surface area (TPSA) is 28.6 Å². The molecule has 1 aromatic rings. The highest BCUT2D eigenvalue weighted by molar-refractivity contribution is 6.31. The Hall–Kier alpha value is -0.840. The molecule has 2 heterocycles. The van der Waals surface area contributed by atoms with E-state index in [1.807, 2.05) is 12.3 Å². The quantitative estimate of drug-likeness (QED) is 0.848. The molecule has 1 aliphatic heterocycles. The number of piperazine rings is 1. The second-order valence-corrected chi connectivity index (χ2v) is 5.65. The van der Waals surface area contributed by atoms with Crippen molar-refractivity contribution in [3.63, 3.8) is 0 Å². The second-order valence-electron chi connectivity index (χ2n) is 5.24. The van der Waals surface area contributed by atoms with E-state index >= 15 is 0 Å². The minimum atomic E-state index is 0.495. The molecule has 2 rings (SSSR count). The average Bonchev–Trinajstić information content (AvgIpc) is 2.39. The van der Waals surface area contributed by atoms with Crippen LogP contribution in [0.4, 0.5) is 0 Å². The molecular weight excluding hydrogens is 262 g/mol. The largest absolute Gasteiger partial charge is 0.480 e. The first-order chi connectivity index (χ1) is 9.10. The molecule has 0 bridgehead atoms. The number of ether oxygens (including phenoxy) is 1. The van der Waals surface area contributed by atoms with E-state index in [1.54, 1.807) is 7.11 Å². The predicted octanol–water partition coefficient (Wildman–Crippen LogP) is 2.27. The van der Waals surface area contributed by atoms with Crippen LogP contribution in [0.15, 0.2) is 12.3 Å². The minimum absolute atomic E-state index is 0.495. The molecule has 1 aliphatic rings. The number of hydrogen-bond donors (Lipinski definition) is 0. The van der Waals surface area contributed by atoms with Crippen molar-refractivity contribution < 1.29 is 4.74 Å². The zero-order valence-electron chi connectivity index (χ0n) is 11.9. The van der Waals surface area contributed by atoms with Crippen molar-refractivity contribution in [3.05, 3.63) is 22.8 Å². The molecule has 0 saturated carbocycles. The van der Waals surface area contributed by atoms with E-state index in [2.05, 4.69) is 28.6 Å². The van der Waals surface area contributed by atoms with E-state index in [9.17, 15) is 0 Å². The maximum absolute atomic E-state index is 6.10. The van der Waals surface area contributed by atoms with Gasteiger partial charge in [-0.1, -0.05) is 11.6 Å². The molecule has 0 aliphatic carbocycles. The number of halogens is 1. The molecule has 0 spiro atoms. The van der Waals surface area contributed by atoms with Crippen molar-refractivity contribution in [2.45, 2.75) is 26.4 Å². The Morgan fingerprint density at radius 3 is 2.53 bits per heavy atom. The van der Waals surface area contributed by atoms with E-state index in [-0.39, 0.29) is 0 Å². The average molecular weight is 284 g/mol. The lowest BCUT2D eigenvalue weighted by Crippen LogP contribution is -2.48. The van der Waals surface area contributed by atoms with Gasteiger partial charge in [-0.25, -0.2) is 4.98 Å². The highest BCUT2D eigenvalue weighted by Crippen LogP contribution is 2.22. The van der Waals surface area contributed by atoms with E-state index in [0.29, 0.717) is 16.9 Å². The van der Waals surface area contributed by atoms with E-state index in [1.165, 1.54) is 0 Å². The molecule has 0 radical (unpaired) electrons. The van der Waals surface area contributed by atoms with Gasteiger partial charge in [0.25, 0.3) is 0 Å². The molecule has 0 atom stereocenters. The van der Waals surface area contributed by atoms with Gasteiger partial charge in [0.15, 0.2) is 0 Å². The summed E-state index contributed by atoms with van der Waals surface area (Å²) in [5.74, 6) is 0.495. The minimum Gasteiger partial charge on any atom is -0.480 e. The van der Waals surface area contributed by atoms with Gasteiger partial charge in [-0.2, -0.15) is 0 Å².